The maximum absolute atomic E-state index is 9.61. The van der Waals surface area contributed by atoms with Crippen molar-refractivity contribution in [1.29, 1.82) is 0 Å². The molecule has 0 atom stereocenters. The van der Waals surface area contributed by atoms with Crippen molar-refractivity contribution in [2.24, 2.45) is 5.41 Å². The number of benzene rings is 1. The molecule has 2 rings (SSSR count). The van der Waals surface area contributed by atoms with Crippen molar-refractivity contribution in [1.82, 2.24) is 4.98 Å². The van der Waals surface area contributed by atoms with Crippen LogP contribution in [-0.4, -0.2) is 29.5 Å². The molecule has 0 saturated heterocycles. The predicted octanol–water partition coefficient (Wildman–Crippen LogP) is 4.23. The third-order valence-electron chi connectivity index (χ3n) is 4.05. The minimum absolute atomic E-state index is 0.0207. The van der Waals surface area contributed by atoms with Crippen molar-refractivity contribution in [3.8, 4) is 0 Å². The van der Waals surface area contributed by atoms with E-state index in [2.05, 4.69) is 48.6 Å². The van der Waals surface area contributed by atoms with E-state index >= 15 is 0 Å². The number of aliphatic hydroxyl groups is 1. The second kappa shape index (κ2) is 6.78. The first-order valence-electron chi connectivity index (χ1n) is 6.95. The Kier molecular flexibility index (Phi) is 5.29. The molecule has 0 amide bonds. The zero-order chi connectivity index (χ0) is 14.6. The quantitative estimate of drug-likeness (QED) is 0.751. The molecule has 5 heteroatoms. The average molecular weight is 310 g/mol. The smallest absolute Gasteiger partial charge is 0.150 e. The maximum Gasteiger partial charge on any atom is 0.150 e. The number of aromatic nitrogens is 1. The maximum atomic E-state index is 9.61. The Labute approximate surface area is 128 Å². The van der Waals surface area contributed by atoms with Gasteiger partial charge in [0.2, 0.25) is 0 Å². The summed E-state index contributed by atoms with van der Waals surface area (Å²) < 4.78 is 2.31. The molecule has 1 aromatic heterocycles. The molecule has 0 saturated carbocycles. The highest BCUT2D eigenvalue weighted by molar-refractivity contribution is 8.00. The minimum atomic E-state index is -0.0207. The largest absolute Gasteiger partial charge is 0.396 e. The van der Waals surface area contributed by atoms with Crippen LogP contribution in [0.3, 0.4) is 0 Å². The van der Waals surface area contributed by atoms with Gasteiger partial charge in [-0.05, 0) is 37.3 Å². The molecule has 2 N–H and O–H groups in total. The van der Waals surface area contributed by atoms with Gasteiger partial charge in [0.05, 0.1) is 16.8 Å². The van der Waals surface area contributed by atoms with E-state index in [1.165, 1.54) is 4.70 Å². The molecular weight excluding hydrogens is 288 g/mol. The summed E-state index contributed by atoms with van der Waals surface area (Å²) in [7, 11) is 0. The van der Waals surface area contributed by atoms with Crippen LogP contribution in [0.15, 0.2) is 22.5 Å². The topological polar surface area (TPSA) is 45.1 Å². The van der Waals surface area contributed by atoms with Gasteiger partial charge in [0.25, 0.3) is 0 Å². The lowest BCUT2D eigenvalue weighted by Crippen LogP contribution is -2.32. The van der Waals surface area contributed by atoms with E-state index in [0.717, 1.165) is 34.9 Å². The number of nitrogens with one attached hydrogen (secondary N) is 1. The number of rotatable bonds is 7. The SMILES string of the molecule is CCC(CC)(CO)CNc1ccc2nc(SC)sc2c1. The van der Waals surface area contributed by atoms with Gasteiger partial charge in [-0.2, -0.15) is 0 Å². The third kappa shape index (κ3) is 3.27. The summed E-state index contributed by atoms with van der Waals surface area (Å²) in [5, 5.41) is 13.1. The standard InChI is InChI=1S/C15H22N2OS2/c1-4-15(5-2,10-18)9-16-11-6-7-12-13(8-11)20-14(17-12)19-3/h6-8,16,18H,4-5,9-10H2,1-3H3. The van der Waals surface area contributed by atoms with Crippen LogP contribution in [0.25, 0.3) is 10.2 Å². The predicted molar refractivity (Wildman–Crippen MR) is 90.0 cm³/mol. The number of nitrogens with zero attached hydrogens (tertiary/aromatic N) is 1. The van der Waals surface area contributed by atoms with Crippen LogP contribution in [0.5, 0.6) is 0 Å². The highest BCUT2D eigenvalue weighted by Crippen LogP contribution is 2.31. The molecule has 2 aromatic rings. The lowest BCUT2D eigenvalue weighted by Gasteiger charge is -2.30. The summed E-state index contributed by atoms with van der Waals surface area (Å²) in [6.07, 6.45) is 4.01. The Balaban J connectivity index is 2.13. The minimum Gasteiger partial charge on any atom is -0.396 e. The average Bonchev–Trinajstić information content (AvgIpc) is 2.91. The van der Waals surface area contributed by atoms with Crippen LogP contribution in [0.1, 0.15) is 26.7 Å². The summed E-state index contributed by atoms with van der Waals surface area (Å²) in [4.78, 5) is 4.54. The summed E-state index contributed by atoms with van der Waals surface area (Å²) in [5.41, 5.74) is 2.14. The lowest BCUT2D eigenvalue weighted by atomic mass is 9.83. The first kappa shape index (κ1) is 15.6. The molecule has 0 bridgehead atoms. The lowest BCUT2D eigenvalue weighted by molar-refractivity contribution is 0.127. The van der Waals surface area contributed by atoms with Crippen molar-refractivity contribution in [3.63, 3.8) is 0 Å². The van der Waals surface area contributed by atoms with E-state index in [4.69, 9.17) is 0 Å². The molecule has 20 heavy (non-hydrogen) atoms. The fraction of sp³-hybridized carbons (Fsp3) is 0.533. The van der Waals surface area contributed by atoms with Gasteiger partial charge >= 0.3 is 0 Å². The summed E-state index contributed by atoms with van der Waals surface area (Å²) in [5.74, 6) is 0. The molecule has 0 unspecified atom stereocenters. The molecule has 0 radical (unpaired) electrons. The van der Waals surface area contributed by atoms with Crippen molar-refractivity contribution < 1.29 is 5.11 Å². The highest BCUT2D eigenvalue weighted by atomic mass is 32.2. The van der Waals surface area contributed by atoms with Gasteiger partial charge in [-0.15, -0.1) is 11.3 Å². The molecule has 110 valence electrons. The molecule has 0 fully saturated rings. The van der Waals surface area contributed by atoms with Crippen LogP contribution in [0.2, 0.25) is 0 Å². The molecule has 0 aliphatic heterocycles. The van der Waals surface area contributed by atoms with Gasteiger partial charge in [0.15, 0.2) is 4.34 Å². The molecule has 0 aliphatic carbocycles. The van der Waals surface area contributed by atoms with Gasteiger partial charge in [0, 0.05) is 17.6 Å². The second-order valence-corrected chi connectivity index (χ2v) is 7.17. The third-order valence-corrected chi connectivity index (χ3v) is 6.05. The van der Waals surface area contributed by atoms with E-state index in [0.29, 0.717) is 0 Å². The van der Waals surface area contributed by atoms with Gasteiger partial charge in [-0.1, -0.05) is 25.6 Å². The van der Waals surface area contributed by atoms with Crippen LogP contribution in [0, 0.1) is 5.41 Å². The number of thioether (sulfide) groups is 1. The van der Waals surface area contributed by atoms with Crippen LogP contribution >= 0.6 is 23.1 Å². The fourth-order valence-corrected chi connectivity index (χ4v) is 3.70. The summed E-state index contributed by atoms with van der Waals surface area (Å²) >= 11 is 3.41. The number of hydrogen-bond donors (Lipinski definition) is 2. The Bertz CT molecular complexity index is 556. The summed E-state index contributed by atoms with van der Waals surface area (Å²) in [6, 6.07) is 6.28. The Morgan fingerprint density at radius 2 is 2.10 bits per heavy atom. The van der Waals surface area contributed by atoms with Gasteiger partial charge < -0.3 is 10.4 Å². The number of anilines is 1. The Hall–Kier alpha value is -0.780. The van der Waals surface area contributed by atoms with E-state index in [-0.39, 0.29) is 12.0 Å². The normalized spacial score (nSPS) is 12.0. The van der Waals surface area contributed by atoms with Gasteiger partial charge in [-0.25, -0.2) is 4.98 Å². The number of aliphatic hydroxyl groups excluding tert-OH is 1. The van der Waals surface area contributed by atoms with Crippen LogP contribution in [0.4, 0.5) is 5.69 Å². The Morgan fingerprint density at radius 1 is 1.35 bits per heavy atom. The van der Waals surface area contributed by atoms with Crippen LogP contribution in [-0.2, 0) is 0 Å². The molecule has 1 aromatic carbocycles. The first-order chi connectivity index (χ1) is 9.66. The van der Waals surface area contributed by atoms with Gasteiger partial charge in [0.1, 0.15) is 0 Å². The first-order valence-corrected chi connectivity index (χ1v) is 9.00. The number of fused-ring (bicyclic) bond motifs is 1. The zero-order valence-corrected chi connectivity index (χ0v) is 13.9. The second-order valence-electron chi connectivity index (χ2n) is 5.09. The zero-order valence-electron chi connectivity index (χ0n) is 12.3. The Morgan fingerprint density at radius 3 is 2.70 bits per heavy atom. The molecule has 0 spiro atoms. The number of thiazole rings is 1. The number of hydrogen-bond acceptors (Lipinski definition) is 5. The monoisotopic (exact) mass is 310 g/mol. The van der Waals surface area contributed by atoms with E-state index < -0.39 is 0 Å². The molecular formula is C15H22N2OS2. The summed E-state index contributed by atoms with van der Waals surface area (Å²) in [6.45, 7) is 5.31. The van der Waals surface area contributed by atoms with Gasteiger partial charge in [-0.3, -0.25) is 0 Å². The van der Waals surface area contributed by atoms with E-state index in [1.807, 2.05) is 0 Å². The van der Waals surface area contributed by atoms with Crippen molar-refractivity contribution >= 4 is 39.0 Å². The van der Waals surface area contributed by atoms with E-state index in [9.17, 15) is 5.11 Å². The highest BCUT2D eigenvalue weighted by Gasteiger charge is 2.24. The molecule has 0 aliphatic rings. The van der Waals surface area contributed by atoms with Crippen molar-refractivity contribution in [2.45, 2.75) is 31.0 Å². The molecule has 3 nitrogen and oxygen atoms in total. The van der Waals surface area contributed by atoms with Crippen molar-refractivity contribution in [2.75, 3.05) is 24.7 Å². The van der Waals surface area contributed by atoms with Crippen LogP contribution < -0.4 is 5.32 Å². The van der Waals surface area contributed by atoms with E-state index in [1.54, 1.807) is 23.1 Å². The fourth-order valence-electron chi connectivity index (χ4n) is 2.17. The molecule has 1 heterocycles. The van der Waals surface area contributed by atoms with Crippen molar-refractivity contribution in [3.05, 3.63) is 18.2 Å².